The van der Waals surface area contributed by atoms with Crippen LogP contribution in [-0.4, -0.2) is 56.7 Å². The van der Waals surface area contributed by atoms with Crippen LogP contribution in [0.4, 0.5) is 5.13 Å². The summed E-state index contributed by atoms with van der Waals surface area (Å²) in [6.07, 6.45) is 0. The number of amides is 1. The number of rotatable bonds is 6. The third-order valence-electron chi connectivity index (χ3n) is 3.39. The van der Waals surface area contributed by atoms with Crippen LogP contribution in [0.15, 0.2) is 21.0 Å². The number of aromatic nitrogens is 1. The lowest BCUT2D eigenvalue weighted by Gasteiger charge is -2.25. The van der Waals surface area contributed by atoms with Gasteiger partial charge in [0.15, 0.2) is 5.13 Å². The number of hydrogen-bond acceptors (Lipinski definition) is 9. The topological polar surface area (TPSA) is 138 Å². The van der Waals surface area contributed by atoms with E-state index in [1.54, 1.807) is 0 Å². The first-order valence-corrected chi connectivity index (χ1v) is 10.5. The van der Waals surface area contributed by atoms with Crippen LogP contribution in [0.2, 0.25) is 0 Å². The number of aromatic carboxylic acids is 1. The zero-order valence-corrected chi connectivity index (χ0v) is 15.6. The van der Waals surface area contributed by atoms with Crippen molar-refractivity contribution in [2.24, 2.45) is 0 Å². The van der Waals surface area contributed by atoms with E-state index in [0.29, 0.717) is 31.4 Å². The van der Waals surface area contributed by atoms with Crippen molar-refractivity contribution in [3.8, 4) is 0 Å². The first-order valence-electron chi connectivity index (χ1n) is 7.29. The Hall–Kier alpha value is -2.06. The number of carbonyl (C=O) groups excluding carboxylic acids is 1. The number of carboxylic acid groups (broad SMARTS) is 1. The summed E-state index contributed by atoms with van der Waals surface area (Å²) in [7, 11) is -4.07. The van der Waals surface area contributed by atoms with Crippen molar-refractivity contribution in [3.05, 3.63) is 28.1 Å². The maximum atomic E-state index is 12.1. The fourth-order valence-electron chi connectivity index (χ4n) is 2.07. The number of nitrogens with one attached hydrogen (secondary N) is 2. The van der Waals surface area contributed by atoms with Gasteiger partial charge in [0.2, 0.25) is 0 Å². The Kier molecular flexibility index (Phi) is 5.52. The molecule has 0 aliphatic carbocycles. The summed E-state index contributed by atoms with van der Waals surface area (Å²) in [6, 6.07) is 1.01. The molecule has 2 aromatic rings. The SMILES string of the molecule is O=C(O)c1csc(S(=O)(=O)NNC(=O)c2csc(N3CCOCC3)n2)c1. The standard InChI is InChI=1S/C13H14N4O6S3/c18-11(9-7-25-13(14-9)17-1-3-23-4-2-17)15-16-26(21,22)10-5-8(6-24-10)12(19)20/h5-7,16H,1-4H2,(H,15,18)(H,19,20). The lowest BCUT2D eigenvalue weighted by Crippen LogP contribution is -2.41. The first kappa shape index (κ1) is 18.7. The van der Waals surface area contributed by atoms with Crippen molar-refractivity contribution < 1.29 is 27.9 Å². The third-order valence-corrected chi connectivity index (χ3v) is 6.98. The smallest absolute Gasteiger partial charge is 0.336 e. The van der Waals surface area contributed by atoms with Crippen LogP contribution in [0.25, 0.3) is 0 Å². The molecule has 1 aliphatic rings. The van der Waals surface area contributed by atoms with Crippen molar-refractivity contribution in [2.75, 3.05) is 31.2 Å². The van der Waals surface area contributed by atoms with Gasteiger partial charge in [0.1, 0.15) is 9.90 Å². The lowest BCUT2D eigenvalue weighted by atomic mass is 10.4. The molecular weight excluding hydrogens is 404 g/mol. The molecular formula is C13H14N4O6S3. The van der Waals surface area contributed by atoms with Crippen molar-refractivity contribution in [2.45, 2.75) is 4.21 Å². The van der Waals surface area contributed by atoms with Crippen LogP contribution in [0.3, 0.4) is 0 Å². The second-order valence-corrected chi connectivity index (χ2v) is 8.79. The minimum Gasteiger partial charge on any atom is -0.478 e. The van der Waals surface area contributed by atoms with Gasteiger partial charge in [-0.25, -0.2) is 18.2 Å². The van der Waals surface area contributed by atoms with E-state index in [9.17, 15) is 18.0 Å². The number of ether oxygens (including phenoxy) is 1. The second-order valence-electron chi connectivity index (χ2n) is 5.13. The van der Waals surface area contributed by atoms with Crippen LogP contribution >= 0.6 is 22.7 Å². The van der Waals surface area contributed by atoms with Crippen molar-refractivity contribution in [3.63, 3.8) is 0 Å². The normalized spacial score (nSPS) is 15.0. The number of hydrazine groups is 1. The largest absolute Gasteiger partial charge is 0.478 e. The van der Waals surface area contributed by atoms with E-state index >= 15 is 0 Å². The Morgan fingerprint density at radius 2 is 1.96 bits per heavy atom. The van der Waals surface area contributed by atoms with Gasteiger partial charge in [-0.15, -0.1) is 27.5 Å². The van der Waals surface area contributed by atoms with Gasteiger partial charge in [0.05, 0.1) is 18.8 Å². The second kappa shape index (κ2) is 7.67. The van der Waals surface area contributed by atoms with E-state index < -0.39 is 21.9 Å². The van der Waals surface area contributed by atoms with Crippen LogP contribution in [0, 0.1) is 0 Å². The average Bonchev–Trinajstić information content (AvgIpc) is 3.30. The molecule has 2 aromatic heterocycles. The minimum atomic E-state index is -4.07. The maximum Gasteiger partial charge on any atom is 0.336 e. The summed E-state index contributed by atoms with van der Waals surface area (Å²) in [5, 5.41) is 12.2. The molecule has 0 unspecified atom stereocenters. The Labute approximate surface area is 156 Å². The molecule has 0 bridgehead atoms. The summed E-state index contributed by atoms with van der Waals surface area (Å²) in [5.41, 5.74) is 2.01. The zero-order valence-electron chi connectivity index (χ0n) is 13.2. The Balaban J connectivity index is 1.62. The molecule has 0 aromatic carbocycles. The fraction of sp³-hybridized carbons (Fsp3) is 0.308. The van der Waals surface area contributed by atoms with Gasteiger partial charge in [-0.3, -0.25) is 10.2 Å². The third kappa shape index (κ3) is 4.19. The van der Waals surface area contributed by atoms with Crippen LogP contribution in [0.1, 0.15) is 20.8 Å². The highest BCUT2D eigenvalue weighted by Crippen LogP contribution is 2.22. The molecule has 1 saturated heterocycles. The molecule has 140 valence electrons. The number of nitrogens with zero attached hydrogens (tertiary/aromatic N) is 2. The number of anilines is 1. The number of carboxylic acids is 1. The number of morpholine rings is 1. The van der Waals surface area contributed by atoms with E-state index in [2.05, 4.69) is 10.4 Å². The molecule has 0 radical (unpaired) electrons. The maximum absolute atomic E-state index is 12.1. The van der Waals surface area contributed by atoms with Gasteiger partial charge < -0.3 is 14.7 Å². The van der Waals surface area contributed by atoms with Crippen LogP contribution in [0.5, 0.6) is 0 Å². The molecule has 3 rings (SSSR count). The molecule has 0 atom stereocenters. The molecule has 1 amide bonds. The van der Waals surface area contributed by atoms with E-state index in [-0.39, 0.29) is 15.5 Å². The van der Waals surface area contributed by atoms with E-state index in [0.717, 1.165) is 17.4 Å². The summed E-state index contributed by atoms with van der Waals surface area (Å²) in [6.45, 7) is 2.51. The summed E-state index contributed by atoms with van der Waals surface area (Å²) in [5.74, 6) is -1.94. The van der Waals surface area contributed by atoms with Gasteiger partial charge in [0, 0.05) is 23.8 Å². The molecule has 1 aliphatic heterocycles. The molecule has 13 heteroatoms. The summed E-state index contributed by atoms with van der Waals surface area (Å²) in [4.78, 5) is 31.0. The lowest BCUT2D eigenvalue weighted by molar-refractivity contribution is 0.0697. The Morgan fingerprint density at radius 1 is 1.23 bits per heavy atom. The number of thiophene rings is 1. The number of carbonyl (C=O) groups is 2. The van der Waals surface area contributed by atoms with E-state index in [1.165, 1.54) is 22.1 Å². The average molecular weight is 418 g/mol. The predicted molar refractivity (Wildman–Crippen MR) is 94.2 cm³/mol. The molecule has 3 N–H and O–H groups in total. The number of sulfonamides is 1. The highest BCUT2D eigenvalue weighted by atomic mass is 32.2. The van der Waals surface area contributed by atoms with E-state index in [1.807, 2.05) is 9.73 Å². The highest BCUT2D eigenvalue weighted by molar-refractivity contribution is 7.91. The van der Waals surface area contributed by atoms with Crippen LogP contribution < -0.4 is 15.2 Å². The quantitative estimate of drug-likeness (QED) is 0.572. The van der Waals surface area contributed by atoms with Gasteiger partial charge in [-0.05, 0) is 6.07 Å². The summed E-state index contributed by atoms with van der Waals surface area (Å²) >= 11 is 2.02. The first-order chi connectivity index (χ1) is 12.4. The van der Waals surface area contributed by atoms with E-state index in [4.69, 9.17) is 9.84 Å². The summed E-state index contributed by atoms with van der Waals surface area (Å²) < 4.78 is 29.2. The monoisotopic (exact) mass is 418 g/mol. The molecule has 0 spiro atoms. The van der Waals surface area contributed by atoms with Gasteiger partial charge in [-0.1, -0.05) is 0 Å². The van der Waals surface area contributed by atoms with Crippen molar-refractivity contribution in [1.29, 1.82) is 0 Å². The molecule has 1 fully saturated rings. The molecule has 26 heavy (non-hydrogen) atoms. The molecule has 3 heterocycles. The molecule has 0 saturated carbocycles. The Morgan fingerprint density at radius 3 is 2.62 bits per heavy atom. The van der Waals surface area contributed by atoms with Crippen molar-refractivity contribution >= 4 is 49.7 Å². The number of thiazole rings is 1. The minimum absolute atomic E-state index is 0.0802. The van der Waals surface area contributed by atoms with Gasteiger partial charge >= 0.3 is 5.97 Å². The van der Waals surface area contributed by atoms with Crippen LogP contribution in [-0.2, 0) is 14.8 Å². The van der Waals surface area contributed by atoms with Gasteiger partial charge in [0.25, 0.3) is 15.9 Å². The fourth-order valence-corrected chi connectivity index (χ4v) is 4.92. The van der Waals surface area contributed by atoms with Crippen molar-refractivity contribution in [1.82, 2.24) is 15.2 Å². The highest BCUT2D eigenvalue weighted by Gasteiger charge is 2.22. The molecule has 10 nitrogen and oxygen atoms in total. The number of hydrogen-bond donors (Lipinski definition) is 3. The predicted octanol–water partition coefficient (Wildman–Crippen LogP) is 0.363. The Bertz CT molecular complexity index is 916. The van der Waals surface area contributed by atoms with Gasteiger partial charge in [-0.2, -0.15) is 0 Å². The zero-order chi connectivity index (χ0) is 18.7.